The van der Waals surface area contributed by atoms with Gasteiger partial charge in [-0.15, -0.1) is 0 Å². The molecule has 1 heterocycles. The monoisotopic (exact) mass is 404 g/mol. The van der Waals surface area contributed by atoms with Gasteiger partial charge in [0.2, 0.25) is 5.91 Å². The van der Waals surface area contributed by atoms with Gasteiger partial charge in [-0.25, -0.2) is 0 Å². The molecular formula is C23H20N2O5. The lowest BCUT2D eigenvalue weighted by Gasteiger charge is -2.11. The molecule has 1 aromatic heterocycles. The molecule has 0 aliphatic rings. The number of benzene rings is 3. The van der Waals surface area contributed by atoms with Crippen LogP contribution in [0.4, 0.5) is 11.4 Å². The fourth-order valence-corrected chi connectivity index (χ4v) is 3.19. The molecule has 0 spiro atoms. The van der Waals surface area contributed by atoms with Crippen molar-refractivity contribution in [3.05, 3.63) is 60.7 Å². The van der Waals surface area contributed by atoms with Crippen molar-refractivity contribution in [1.29, 1.82) is 0 Å². The van der Waals surface area contributed by atoms with Crippen LogP contribution < -0.4 is 20.1 Å². The van der Waals surface area contributed by atoms with E-state index in [0.717, 1.165) is 16.4 Å². The Balaban J connectivity index is 1.47. The molecule has 0 saturated heterocycles. The molecule has 2 N–H and O–H groups in total. The van der Waals surface area contributed by atoms with Crippen LogP contribution in [0.2, 0.25) is 0 Å². The minimum Gasteiger partial charge on any atom is -0.495 e. The summed E-state index contributed by atoms with van der Waals surface area (Å²) in [5, 5.41) is 7.36. The van der Waals surface area contributed by atoms with Gasteiger partial charge < -0.3 is 24.5 Å². The van der Waals surface area contributed by atoms with Crippen LogP contribution in [0.1, 0.15) is 6.92 Å². The predicted octanol–water partition coefficient (Wildman–Crippen LogP) is 4.57. The SMILES string of the molecule is COc1cc2c(cc1NC(=O)COc1ccc(NC(C)=O)cc1)oc1ccccc12. The average molecular weight is 404 g/mol. The van der Waals surface area contributed by atoms with Crippen molar-refractivity contribution < 1.29 is 23.5 Å². The number of methoxy groups -OCH3 is 1. The molecule has 0 saturated carbocycles. The van der Waals surface area contributed by atoms with Crippen LogP contribution in [0.15, 0.2) is 65.1 Å². The minimum atomic E-state index is -0.338. The second kappa shape index (κ2) is 8.16. The van der Waals surface area contributed by atoms with Gasteiger partial charge in [0.1, 0.15) is 22.7 Å². The lowest BCUT2D eigenvalue weighted by molar-refractivity contribution is -0.118. The first kappa shape index (κ1) is 19.3. The fourth-order valence-electron chi connectivity index (χ4n) is 3.19. The number of nitrogens with one attached hydrogen (secondary N) is 2. The Labute approximate surface area is 172 Å². The fraction of sp³-hybridized carbons (Fsp3) is 0.130. The number of ether oxygens (including phenoxy) is 2. The Kier molecular flexibility index (Phi) is 5.26. The number of hydrogen-bond acceptors (Lipinski definition) is 5. The summed E-state index contributed by atoms with van der Waals surface area (Å²) < 4.78 is 16.8. The Bertz CT molecular complexity index is 1230. The average Bonchev–Trinajstić information content (AvgIpc) is 3.09. The Morgan fingerprint density at radius 2 is 1.70 bits per heavy atom. The van der Waals surface area contributed by atoms with Crippen LogP contribution in [-0.2, 0) is 9.59 Å². The molecule has 4 rings (SSSR count). The van der Waals surface area contributed by atoms with E-state index in [1.165, 1.54) is 6.92 Å². The van der Waals surface area contributed by atoms with E-state index in [0.29, 0.717) is 28.5 Å². The Hall–Kier alpha value is -4.00. The van der Waals surface area contributed by atoms with E-state index in [1.807, 2.05) is 30.3 Å². The lowest BCUT2D eigenvalue weighted by atomic mass is 10.1. The Morgan fingerprint density at radius 1 is 0.933 bits per heavy atom. The number of anilines is 2. The van der Waals surface area contributed by atoms with Gasteiger partial charge in [-0.05, 0) is 36.4 Å². The third-order valence-electron chi connectivity index (χ3n) is 4.52. The molecule has 0 aliphatic heterocycles. The second-order valence-electron chi connectivity index (χ2n) is 6.69. The summed E-state index contributed by atoms with van der Waals surface area (Å²) >= 11 is 0. The van der Waals surface area contributed by atoms with Gasteiger partial charge in [-0.1, -0.05) is 18.2 Å². The van der Waals surface area contributed by atoms with Gasteiger partial charge in [0, 0.05) is 29.4 Å². The summed E-state index contributed by atoms with van der Waals surface area (Å²) in [6, 6.07) is 18.1. The van der Waals surface area contributed by atoms with E-state index in [1.54, 1.807) is 37.4 Å². The van der Waals surface area contributed by atoms with Gasteiger partial charge >= 0.3 is 0 Å². The maximum absolute atomic E-state index is 12.4. The maximum Gasteiger partial charge on any atom is 0.262 e. The molecule has 30 heavy (non-hydrogen) atoms. The molecule has 0 aliphatic carbocycles. The first-order valence-electron chi connectivity index (χ1n) is 9.33. The van der Waals surface area contributed by atoms with Crippen molar-refractivity contribution in [2.75, 3.05) is 24.4 Å². The van der Waals surface area contributed by atoms with E-state index in [9.17, 15) is 9.59 Å². The minimum absolute atomic E-state index is 0.154. The molecular weight excluding hydrogens is 384 g/mol. The quantitative estimate of drug-likeness (QED) is 0.491. The summed E-state index contributed by atoms with van der Waals surface area (Å²) in [5.41, 5.74) is 2.58. The first-order valence-corrected chi connectivity index (χ1v) is 9.33. The zero-order valence-corrected chi connectivity index (χ0v) is 16.5. The summed E-state index contributed by atoms with van der Waals surface area (Å²) in [5.74, 6) is 0.550. The van der Waals surface area contributed by atoms with Crippen molar-refractivity contribution >= 4 is 45.1 Å². The number of hydrogen-bond donors (Lipinski definition) is 2. The van der Waals surface area contributed by atoms with E-state index in [2.05, 4.69) is 10.6 Å². The van der Waals surface area contributed by atoms with Crippen LogP contribution in [-0.4, -0.2) is 25.5 Å². The third kappa shape index (κ3) is 4.05. The van der Waals surface area contributed by atoms with Crippen molar-refractivity contribution in [2.24, 2.45) is 0 Å². The summed E-state index contributed by atoms with van der Waals surface area (Å²) in [6.07, 6.45) is 0. The topological polar surface area (TPSA) is 89.8 Å². The Morgan fingerprint density at radius 3 is 2.43 bits per heavy atom. The molecule has 0 bridgehead atoms. The van der Waals surface area contributed by atoms with E-state index in [4.69, 9.17) is 13.9 Å². The van der Waals surface area contributed by atoms with Crippen LogP contribution in [0.25, 0.3) is 21.9 Å². The van der Waals surface area contributed by atoms with Crippen molar-refractivity contribution in [1.82, 2.24) is 0 Å². The molecule has 152 valence electrons. The predicted molar refractivity (Wildman–Crippen MR) is 115 cm³/mol. The highest BCUT2D eigenvalue weighted by molar-refractivity contribution is 6.07. The number of furan rings is 1. The number of carbonyl (C=O) groups excluding carboxylic acids is 2. The smallest absolute Gasteiger partial charge is 0.262 e. The van der Waals surface area contributed by atoms with Gasteiger partial charge in [-0.2, -0.15) is 0 Å². The van der Waals surface area contributed by atoms with Gasteiger partial charge in [-0.3, -0.25) is 9.59 Å². The molecule has 4 aromatic rings. The maximum atomic E-state index is 12.4. The lowest BCUT2D eigenvalue weighted by Crippen LogP contribution is -2.20. The summed E-state index contributed by atoms with van der Waals surface area (Å²) in [6.45, 7) is 1.26. The van der Waals surface area contributed by atoms with Crippen molar-refractivity contribution in [3.63, 3.8) is 0 Å². The van der Waals surface area contributed by atoms with Crippen LogP contribution in [0.3, 0.4) is 0 Å². The standard InChI is InChI=1S/C23H20N2O5/c1-14(26)24-15-7-9-16(10-8-15)29-13-23(27)25-19-12-21-18(11-22(19)28-2)17-5-3-4-6-20(17)30-21/h3-12H,13H2,1-2H3,(H,24,26)(H,25,27). The molecule has 0 radical (unpaired) electrons. The molecule has 7 heteroatoms. The highest BCUT2D eigenvalue weighted by atomic mass is 16.5. The third-order valence-corrected chi connectivity index (χ3v) is 4.52. The van der Waals surface area contributed by atoms with E-state index < -0.39 is 0 Å². The zero-order valence-electron chi connectivity index (χ0n) is 16.5. The van der Waals surface area contributed by atoms with Gasteiger partial charge in [0.05, 0.1) is 12.8 Å². The first-order chi connectivity index (χ1) is 14.5. The van der Waals surface area contributed by atoms with Gasteiger partial charge in [0.25, 0.3) is 5.91 Å². The number of fused-ring (bicyclic) bond motifs is 3. The highest BCUT2D eigenvalue weighted by Crippen LogP contribution is 2.36. The van der Waals surface area contributed by atoms with Crippen molar-refractivity contribution in [3.8, 4) is 11.5 Å². The van der Waals surface area contributed by atoms with Crippen LogP contribution >= 0.6 is 0 Å². The van der Waals surface area contributed by atoms with Crippen LogP contribution in [0, 0.1) is 0 Å². The molecule has 0 fully saturated rings. The largest absolute Gasteiger partial charge is 0.495 e. The summed E-state index contributed by atoms with van der Waals surface area (Å²) in [7, 11) is 1.55. The summed E-state index contributed by atoms with van der Waals surface area (Å²) in [4.78, 5) is 23.5. The number of amides is 2. The normalized spacial score (nSPS) is 10.7. The molecule has 3 aromatic carbocycles. The van der Waals surface area contributed by atoms with Crippen LogP contribution in [0.5, 0.6) is 11.5 Å². The number of carbonyl (C=O) groups is 2. The highest BCUT2D eigenvalue weighted by Gasteiger charge is 2.14. The molecule has 7 nitrogen and oxygen atoms in total. The second-order valence-corrected chi connectivity index (χ2v) is 6.69. The van der Waals surface area contributed by atoms with E-state index >= 15 is 0 Å². The molecule has 0 atom stereocenters. The number of para-hydroxylation sites is 1. The molecule has 2 amide bonds. The number of rotatable bonds is 6. The van der Waals surface area contributed by atoms with E-state index in [-0.39, 0.29) is 18.4 Å². The zero-order chi connectivity index (χ0) is 21.1. The molecule has 0 unspecified atom stereocenters. The van der Waals surface area contributed by atoms with Gasteiger partial charge in [0.15, 0.2) is 6.61 Å². The van der Waals surface area contributed by atoms with Crippen molar-refractivity contribution in [2.45, 2.75) is 6.92 Å².